The van der Waals surface area contributed by atoms with E-state index in [0.29, 0.717) is 11.6 Å². The van der Waals surface area contributed by atoms with E-state index in [1.54, 1.807) is 12.1 Å². The van der Waals surface area contributed by atoms with Crippen molar-refractivity contribution in [3.63, 3.8) is 0 Å². The molecule has 2 heterocycles. The first-order chi connectivity index (χ1) is 8.99. The highest BCUT2D eigenvalue weighted by molar-refractivity contribution is 5.88. The molecule has 1 fully saturated rings. The van der Waals surface area contributed by atoms with Gasteiger partial charge in [0.15, 0.2) is 0 Å². The summed E-state index contributed by atoms with van der Waals surface area (Å²) in [5.74, 6) is 0.171. The molecule has 0 spiro atoms. The Hall–Kier alpha value is -1.58. The number of hydrogen-bond acceptors (Lipinski definition) is 3. The number of piperidine rings is 1. The summed E-state index contributed by atoms with van der Waals surface area (Å²) >= 11 is 0. The van der Waals surface area contributed by atoms with E-state index in [1.807, 2.05) is 13.8 Å². The molecule has 0 radical (unpaired) electrons. The van der Waals surface area contributed by atoms with Gasteiger partial charge in [-0.25, -0.2) is 9.78 Å². The van der Waals surface area contributed by atoms with Crippen LogP contribution in [0.25, 0.3) is 0 Å². The lowest BCUT2D eigenvalue weighted by Crippen LogP contribution is -2.38. The van der Waals surface area contributed by atoms with Crippen molar-refractivity contribution in [2.24, 2.45) is 0 Å². The van der Waals surface area contributed by atoms with Crippen molar-refractivity contribution in [2.75, 3.05) is 11.4 Å². The molecule has 0 aliphatic carbocycles. The van der Waals surface area contributed by atoms with Crippen LogP contribution in [-0.2, 0) is 0 Å². The third-order valence-corrected chi connectivity index (χ3v) is 3.77. The number of nitrogens with zero attached hydrogens (tertiary/aromatic N) is 2. The van der Waals surface area contributed by atoms with Gasteiger partial charge in [0.05, 0.1) is 5.56 Å². The fourth-order valence-corrected chi connectivity index (χ4v) is 2.54. The van der Waals surface area contributed by atoms with E-state index in [4.69, 9.17) is 0 Å². The molecule has 2 rings (SSSR count). The molecule has 1 aromatic rings. The Balaban J connectivity index is 2.40. The highest BCUT2D eigenvalue weighted by atomic mass is 16.4. The van der Waals surface area contributed by atoms with Crippen LogP contribution in [0.1, 0.15) is 62.0 Å². The third-order valence-electron chi connectivity index (χ3n) is 3.77. The maximum atomic E-state index is 11.2. The second-order valence-corrected chi connectivity index (χ2v) is 5.64. The molecule has 19 heavy (non-hydrogen) atoms. The minimum Gasteiger partial charge on any atom is -0.478 e. The van der Waals surface area contributed by atoms with E-state index in [0.717, 1.165) is 30.9 Å². The summed E-state index contributed by atoms with van der Waals surface area (Å²) in [7, 11) is 0. The van der Waals surface area contributed by atoms with Crippen LogP contribution in [0.2, 0.25) is 0 Å². The lowest BCUT2D eigenvalue weighted by molar-refractivity contribution is 0.0696. The maximum absolute atomic E-state index is 11.2. The molecular formula is C15H22N2O2. The molecular weight excluding hydrogens is 240 g/mol. The summed E-state index contributed by atoms with van der Waals surface area (Å²) in [6.45, 7) is 7.23. The fraction of sp³-hybridized carbons (Fsp3) is 0.600. The van der Waals surface area contributed by atoms with Crippen LogP contribution in [0.15, 0.2) is 12.1 Å². The number of rotatable bonds is 3. The molecule has 1 unspecified atom stereocenters. The minimum absolute atomic E-state index is 0.234. The third kappa shape index (κ3) is 3.06. The van der Waals surface area contributed by atoms with Crippen LogP contribution in [0.5, 0.6) is 0 Å². The average Bonchev–Trinajstić information content (AvgIpc) is 2.38. The molecule has 1 N–H and O–H groups in total. The monoisotopic (exact) mass is 262 g/mol. The van der Waals surface area contributed by atoms with Crippen molar-refractivity contribution in [1.29, 1.82) is 0 Å². The van der Waals surface area contributed by atoms with Crippen molar-refractivity contribution in [1.82, 2.24) is 4.98 Å². The standard InChI is InChI=1S/C15H22N2O2/c1-10(2)13-8-12(15(18)19)9-14(16-13)17-7-5-4-6-11(17)3/h8-11H,4-7H2,1-3H3,(H,18,19). The molecule has 1 aliphatic heterocycles. The molecule has 1 atom stereocenters. The molecule has 104 valence electrons. The van der Waals surface area contributed by atoms with Gasteiger partial charge in [-0.05, 0) is 44.2 Å². The van der Waals surface area contributed by atoms with Gasteiger partial charge in [0, 0.05) is 18.3 Å². The number of pyridine rings is 1. The number of aromatic carboxylic acids is 1. The summed E-state index contributed by atoms with van der Waals surface area (Å²) in [5, 5.41) is 9.23. The lowest BCUT2D eigenvalue weighted by Gasteiger charge is -2.35. The summed E-state index contributed by atoms with van der Waals surface area (Å²) in [6.07, 6.45) is 3.55. The molecule has 0 bridgehead atoms. The van der Waals surface area contributed by atoms with Crippen molar-refractivity contribution in [2.45, 2.75) is 52.0 Å². The topological polar surface area (TPSA) is 53.4 Å². The quantitative estimate of drug-likeness (QED) is 0.908. The van der Waals surface area contributed by atoms with E-state index < -0.39 is 5.97 Å². The number of carbonyl (C=O) groups is 1. The van der Waals surface area contributed by atoms with Crippen molar-refractivity contribution < 1.29 is 9.90 Å². The molecule has 0 saturated carbocycles. The van der Waals surface area contributed by atoms with E-state index in [2.05, 4.69) is 16.8 Å². The van der Waals surface area contributed by atoms with E-state index in [9.17, 15) is 9.90 Å². The zero-order valence-electron chi connectivity index (χ0n) is 11.9. The highest BCUT2D eigenvalue weighted by Gasteiger charge is 2.21. The summed E-state index contributed by atoms with van der Waals surface area (Å²) in [5.41, 5.74) is 1.19. The van der Waals surface area contributed by atoms with Gasteiger partial charge in [-0.15, -0.1) is 0 Å². The summed E-state index contributed by atoms with van der Waals surface area (Å²) in [6, 6.07) is 3.83. The molecule has 1 saturated heterocycles. The van der Waals surface area contributed by atoms with Gasteiger partial charge < -0.3 is 10.0 Å². The van der Waals surface area contributed by atoms with Crippen LogP contribution in [0.4, 0.5) is 5.82 Å². The van der Waals surface area contributed by atoms with Gasteiger partial charge >= 0.3 is 5.97 Å². The van der Waals surface area contributed by atoms with Crippen LogP contribution in [0.3, 0.4) is 0 Å². The van der Waals surface area contributed by atoms with Gasteiger partial charge in [0.2, 0.25) is 0 Å². The van der Waals surface area contributed by atoms with Gasteiger partial charge in [0.1, 0.15) is 5.82 Å². The summed E-state index contributed by atoms with van der Waals surface area (Å²) < 4.78 is 0. The fourth-order valence-electron chi connectivity index (χ4n) is 2.54. The first-order valence-corrected chi connectivity index (χ1v) is 7.01. The Kier molecular flexibility index (Phi) is 4.08. The first-order valence-electron chi connectivity index (χ1n) is 7.01. The van der Waals surface area contributed by atoms with Crippen LogP contribution in [-0.4, -0.2) is 28.6 Å². The molecule has 4 nitrogen and oxygen atoms in total. The molecule has 0 amide bonds. The molecule has 4 heteroatoms. The van der Waals surface area contributed by atoms with E-state index >= 15 is 0 Å². The Bertz CT molecular complexity index is 471. The molecule has 1 aliphatic rings. The Morgan fingerprint density at radius 3 is 2.74 bits per heavy atom. The van der Waals surface area contributed by atoms with Crippen molar-refractivity contribution >= 4 is 11.8 Å². The highest BCUT2D eigenvalue weighted by Crippen LogP contribution is 2.26. The van der Waals surface area contributed by atoms with Crippen LogP contribution in [0, 0.1) is 0 Å². The number of carboxylic acid groups (broad SMARTS) is 1. The number of anilines is 1. The Morgan fingerprint density at radius 1 is 1.42 bits per heavy atom. The van der Waals surface area contributed by atoms with Gasteiger partial charge in [0.25, 0.3) is 0 Å². The first kappa shape index (κ1) is 13.8. The minimum atomic E-state index is -0.879. The summed E-state index contributed by atoms with van der Waals surface area (Å²) in [4.78, 5) is 18.1. The molecule has 0 aromatic carbocycles. The van der Waals surface area contributed by atoms with Crippen LogP contribution >= 0.6 is 0 Å². The predicted octanol–water partition coefficient (Wildman–Crippen LogP) is 3.28. The van der Waals surface area contributed by atoms with Crippen LogP contribution < -0.4 is 4.90 Å². The Labute approximate surface area is 114 Å². The van der Waals surface area contributed by atoms with Gasteiger partial charge in [-0.3, -0.25) is 0 Å². The van der Waals surface area contributed by atoms with Gasteiger partial charge in [-0.1, -0.05) is 13.8 Å². The SMILES string of the molecule is CC(C)c1cc(C(=O)O)cc(N2CCCCC2C)n1. The van der Waals surface area contributed by atoms with E-state index in [-0.39, 0.29) is 5.92 Å². The lowest BCUT2D eigenvalue weighted by atomic mass is 10.0. The second kappa shape index (κ2) is 5.59. The zero-order chi connectivity index (χ0) is 14.0. The zero-order valence-corrected chi connectivity index (χ0v) is 11.9. The number of carboxylic acids is 1. The van der Waals surface area contributed by atoms with E-state index in [1.165, 1.54) is 6.42 Å². The second-order valence-electron chi connectivity index (χ2n) is 5.64. The maximum Gasteiger partial charge on any atom is 0.335 e. The number of hydrogen-bond donors (Lipinski definition) is 1. The van der Waals surface area contributed by atoms with Crippen molar-refractivity contribution in [3.8, 4) is 0 Å². The number of aromatic nitrogens is 1. The normalized spacial score (nSPS) is 19.8. The van der Waals surface area contributed by atoms with Gasteiger partial charge in [-0.2, -0.15) is 0 Å². The molecule has 1 aromatic heterocycles. The predicted molar refractivity (Wildman–Crippen MR) is 75.9 cm³/mol. The Morgan fingerprint density at radius 2 is 2.16 bits per heavy atom. The largest absolute Gasteiger partial charge is 0.478 e. The van der Waals surface area contributed by atoms with Crippen molar-refractivity contribution in [3.05, 3.63) is 23.4 Å². The average molecular weight is 262 g/mol. The smallest absolute Gasteiger partial charge is 0.335 e.